The van der Waals surface area contributed by atoms with Crippen molar-refractivity contribution in [1.82, 2.24) is 10.2 Å². The van der Waals surface area contributed by atoms with Gasteiger partial charge in [-0.05, 0) is 49.9 Å². The number of rotatable bonds is 4. The molecule has 0 aromatic carbocycles. The molecule has 0 spiro atoms. The van der Waals surface area contributed by atoms with Crippen molar-refractivity contribution in [1.29, 1.82) is 0 Å². The maximum Gasteiger partial charge on any atom is 0.245 e. The molecule has 2 saturated carbocycles. The van der Waals surface area contributed by atoms with E-state index < -0.39 is 0 Å². The second kappa shape index (κ2) is 4.22. The first kappa shape index (κ1) is 12.9. The van der Waals surface area contributed by atoms with Gasteiger partial charge in [-0.25, -0.2) is 0 Å². The summed E-state index contributed by atoms with van der Waals surface area (Å²) < 4.78 is 0. The summed E-state index contributed by atoms with van der Waals surface area (Å²) in [6, 6.07) is -0.641. The standard InChI is InChI=1S/C15H24N2O2/c1-9(2)12-13(18)16-10(3)14(19)17(12)8-15(6-7-15)11-4-5-11/h9-12H,4-8H2,1-3H3,(H,16,18). The van der Waals surface area contributed by atoms with Crippen LogP contribution in [0, 0.1) is 17.3 Å². The molecule has 2 aliphatic carbocycles. The molecule has 2 atom stereocenters. The van der Waals surface area contributed by atoms with Gasteiger partial charge < -0.3 is 10.2 Å². The van der Waals surface area contributed by atoms with Gasteiger partial charge >= 0.3 is 0 Å². The predicted molar refractivity (Wildman–Crippen MR) is 72.3 cm³/mol. The quantitative estimate of drug-likeness (QED) is 0.837. The van der Waals surface area contributed by atoms with Crippen molar-refractivity contribution in [2.45, 2.75) is 58.5 Å². The molecule has 0 aromatic heterocycles. The van der Waals surface area contributed by atoms with Crippen molar-refractivity contribution in [3.8, 4) is 0 Å². The third-order valence-corrected chi connectivity index (χ3v) is 5.07. The van der Waals surface area contributed by atoms with Crippen molar-refractivity contribution < 1.29 is 9.59 Å². The Bertz CT molecular complexity index is 410. The van der Waals surface area contributed by atoms with Gasteiger partial charge in [0.05, 0.1) is 0 Å². The second-order valence-electron chi connectivity index (χ2n) is 7.02. The lowest BCUT2D eigenvalue weighted by Crippen LogP contribution is -2.64. The van der Waals surface area contributed by atoms with Gasteiger partial charge in [-0.3, -0.25) is 9.59 Å². The highest BCUT2D eigenvalue weighted by Crippen LogP contribution is 2.61. The molecule has 1 saturated heterocycles. The molecular weight excluding hydrogens is 240 g/mol. The molecule has 106 valence electrons. The van der Waals surface area contributed by atoms with Crippen LogP contribution < -0.4 is 5.32 Å². The average Bonchev–Trinajstić information content (AvgIpc) is 3.17. The zero-order chi connectivity index (χ0) is 13.8. The third-order valence-electron chi connectivity index (χ3n) is 5.07. The average molecular weight is 264 g/mol. The molecule has 19 heavy (non-hydrogen) atoms. The van der Waals surface area contributed by atoms with E-state index in [1.54, 1.807) is 6.92 Å². The zero-order valence-corrected chi connectivity index (χ0v) is 12.1. The van der Waals surface area contributed by atoms with Crippen LogP contribution in [0.15, 0.2) is 0 Å². The fourth-order valence-electron chi connectivity index (χ4n) is 3.62. The fraction of sp³-hybridized carbons (Fsp3) is 0.867. The Kier molecular flexibility index (Phi) is 2.88. The molecule has 1 N–H and O–H groups in total. The topological polar surface area (TPSA) is 49.4 Å². The van der Waals surface area contributed by atoms with Gasteiger partial charge in [-0.1, -0.05) is 13.8 Å². The Hall–Kier alpha value is -1.06. The molecule has 1 aliphatic heterocycles. The van der Waals surface area contributed by atoms with Crippen LogP contribution in [0.2, 0.25) is 0 Å². The number of piperazine rings is 1. The lowest BCUT2D eigenvalue weighted by Gasteiger charge is -2.41. The molecule has 1 heterocycles. The Morgan fingerprint density at radius 3 is 2.42 bits per heavy atom. The van der Waals surface area contributed by atoms with Crippen molar-refractivity contribution >= 4 is 11.8 Å². The normalized spacial score (nSPS) is 33.6. The lowest BCUT2D eigenvalue weighted by molar-refractivity contribution is -0.151. The molecule has 4 nitrogen and oxygen atoms in total. The number of carbonyl (C=O) groups excluding carboxylic acids is 2. The summed E-state index contributed by atoms with van der Waals surface area (Å²) in [6.07, 6.45) is 5.11. The van der Waals surface area contributed by atoms with Crippen molar-refractivity contribution in [3.05, 3.63) is 0 Å². The molecule has 4 heteroatoms. The van der Waals surface area contributed by atoms with E-state index in [1.807, 2.05) is 18.7 Å². The number of amides is 2. The van der Waals surface area contributed by atoms with Gasteiger partial charge in [0.2, 0.25) is 11.8 Å². The van der Waals surface area contributed by atoms with E-state index in [9.17, 15) is 9.59 Å². The summed E-state index contributed by atoms with van der Waals surface area (Å²) >= 11 is 0. The van der Waals surface area contributed by atoms with E-state index >= 15 is 0 Å². The Balaban J connectivity index is 1.81. The summed E-state index contributed by atoms with van der Waals surface area (Å²) in [5.41, 5.74) is 0.361. The van der Waals surface area contributed by atoms with Crippen LogP contribution in [0.25, 0.3) is 0 Å². The summed E-state index contributed by atoms with van der Waals surface area (Å²) in [7, 11) is 0. The van der Waals surface area contributed by atoms with E-state index in [-0.39, 0.29) is 29.8 Å². The van der Waals surface area contributed by atoms with Crippen LogP contribution in [0.5, 0.6) is 0 Å². The van der Waals surface area contributed by atoms with Gasteiger partial charge in [-0.15, -0.1) is 0 Å². The number of hydrogen-bond donors (Lipinski definition) is 1. The van der Waals surface area contributed by atoms with Gasteiger partial charge in [-0.2, -0.15) is 0 Å². The van der Waals surface area contributed by atoms with Gasteiger partial charge in [0.1, 0.15) is 12.1 Å². The Morgan fingerprint density at radius 1 is 1.32 bits per heavy atom. The molecule has 3 aliphatic rings. The van der Waals surface area contributed by atoms with Gasteiger partial charge in [0.15, 0.2) is 0 Å². The monoisotopic (exact) mass is 264 g/mol. The second-order valence-corrected chi connectivity index (χ2v) is 7.02. The van der Waals surface area contributed by atoms with Crippen LogP contribution in [0.1, 0.15) is 46.5 Å². The highest BCUT2D eigenvalue weighted by Gasteiger charge is 2.56. The van der Waals surface area contributed by atoms with Crippen molar-refractivity contribution in [3.63, 3.8) is 0 Å². The van der Waals surface area contributed by atoms with E-state index in [1.165, 1.54) is 25.7 Å². The van der Waals surface area contributed by atoms with Crippen molar-refractivity contribution in [2.75, 3.05) is 6.54 Å². The van der Waals surface area contributed by atoms with Gasteiger partial charge in [0, 0.05) is 6.54 Å². The molecule has 0 radical (unpaired) electrons. The van der Waals surface area contributed by atoms with Crippen LogP contribution in [-0.4, -0.2) is 35.3 Å². The minimum absolute atomic E-state index is 0.0219. The zero-order valence-electron chi connectivity index (χ0n) is 12.1. The largest absolute Gasteiger partial charge is 0.343 e. The molecule has 2 amide bonds. The number of hydrogen-bond acceptors (Lipinski definition) is 2. The lowest BCUT2D eigenvalue weighted by atomic mass is 9.93. The number of nitrogens with one attached hydrogen (secondary N) is 1. The minimum atomic E-state index is -0.363. The first-order chi connectivity index (χ1) is 8.94. The Morgan fingerprint density at radius 2 is 1.95 bits per heavy atom. The molecular formula is C15H24N2O2. The SMILES string of the molecule is CC1NC(=O)C(C(C)C)N(CC2(C3CC3)CC2)C1=O. The van der Waals surface area contributed by atoms with Crippen LogP contribution in [0.4, 0.5) is 0 Å². The summed E-state index contributed by atoms with van der Waals surface area (Å²) in [5.74, 6) is 1.11. The van der Waals surface area contributed by atoms with Crippen LogP contribution in [-0.2, 0) is 9.59 Å². The van der Waals surface area contributed by atoms with Crippen molar-refractivity contribution in [2.24, 2.45) is 17.3 Å². The van der Waals surface area contributed by atoms with Crippen LogP contribution >= 0.6 is 0 Å². The van der Waals surface area contributed by atoms with E-state index in [0.717, 1.165) is 12.5 Å². The molecule has 0 aromatic rings. The summed E-state index contributed by atoms with van der Waals surface area (Å²) in [6.45, 7) is 6.64. The number of carbonyl (C=O) groups is 2. The van der Waals surface area contributed by atoms with E-state index in [4.69, 9.17) is 0 Å². The number of nitrogens with zero attached hydrogens (tertiary/aromatic N) is 1. The van der Waals surface area contributed by atoms with Crippen LogP contribution in [0.3, 0.4) is 0 Å². The first-order valence-corrected chi connectivity index (χ1v) is 7.55. The fourth-order valence-corrected chi connectivity index (χ4v) is 3.62. The maximum absolute atomic E-state index is 12.4. The molecule has 2 unspecified atom stereocenters. The highest BCUT2D eigenvalue weighted by molar-refractivity contribution is 5.96. The molecule has 3 rings (SSSR count). The maximum atomic E-state index is 12.4. The predicted octanol–water partition coefficient (Wildman–Crippen LogP) is 1.55. The van der Waals surface area contributed by atoms with E-state index in [0.29, 0.717) is 5.41 Å². The highest BCUT2D eigenvalue weighted by atomic mass is 16.2. The minimum Gasteiger partial charge on any atom is -0.343 e. The summed E-state index contributed by atoms with van der Waals surface area (Å²) in [5, 5.41) is 2.81. The molecule has 0 bridgehead atoms. The molecule has 3 fully saturated rings. The summed E-state index contributed by atoms with van der Waals surface area (Å²) in [4.78, 5) is 26.5. The smallest absolute Gasteiger partial charge is 0.245 e. The van der Waals surface area contributed by atoms with Gasteiger partial charge in [0.25, 0.3) is 0 Å². The Labute approximate surface area is 114 Å². The van der Waals surface area contributed by atoms with E-state index in [2.05, 4.69) is 5.32 Å². The first-order valence-electron chi connectivity index (χ1n) is 7.55. The third kappa shape index (κ3) is 2.15.